The van der Waals surface area contributed by atoms with Crippen molar-refractivity contribution in [2.75, 3.05) is 38.8 Å². The monoisotopic (exact) mass is 459 g/mol. The first kappa shape index (κ1) is 23.5. The lowest BCUT2D eigenvalue weighted by atomic mass is 10.1. The normalized spacial score (nSPS) is 16.9. The van der Waals surface area contributed by atoms with E-state index in [0.717, 1.165) is 0 Å². The van der Waals surface area contributed by atoms with Crippen molar-refractivity contribution in [3.63, 3.8) is 0 Å². The van der Waals surface area contributed by atoms with E-state index in [1.54, 1.807) is 24.3 Å². The topological polar surface area (TPSA) is 99.2 Å². The van der Waals surface area contributed by atoms with Crippen LogP contribution in [0, 0.1) is 0 Å². The Morgan fingerprint density at radius 1 is 1.00 bits per heavy atom. The first-order valence-corrected chi connectivity index (χ1v) is 11.8. The number of hydrogen-bond donors (Lipinski definition) is 0. The average Bonchev–Trinajstić information content (AvgIpc) is 2.80. The second-order valence-corrected chi connectivity index (χ2v) is 9.49. The van der Waals surface area contributed by atoms with E-state index >= 15 is 0 Å². The van der Waals surface area contributed by atoms with Crippen LogP contribution in [0.1, 0.15) is 17.2 Å². The van der Waals surface area contributed by atoms with Gasteiger partial charge in [-0.3, -0.25) is 4.90 Å². The summed E-state index contributed by atoms with van der Waals surface area (Å²) < 4.78 is 39.3. The lowest BCUT2D eigenvalue weighted by molar-refractivity contribution is -0.141. The number of esters is 2. The zero-order valence-electron chi connectivity index (χ0n) is 17.9. The van der Waals surface area contributed by atoms with Crippen molar-refractivity contribution in [2.45, 2.75) is 6.04 Å². The van der Waals surface area contributed by atoms with Gasteiger partial charge in [-0.15, -0.1) is 0 Å². The zero-order valence-corrected chi connectivity index (χ0v) is 18.7. The van der Waals surface area contributed by atoms with E-state index < -0.39 is 27.8 Å². The zero-order chi connectivity index (χ0) is 23.1. The van der Waals surface area contributed by atoms with E-state index in [2.05, 4.69) is 4.74 Å². The molecule has 0 amide bonds. The van der Waals surface area contributed by atoms with Crippen LogP contribution in [0.25, 0.3) is 6.08 Å². The van der Waals surface area contributed by atoms with Crippen LogP contribution >= 0.6 is 0 Å². The van der Waals surface area contributed by atoms with E-state index in [-0.39, 0.29) is 30.3 Å². The number of rotatable bonds is 7. The third-order valence-corrected chi connectivity index (χ3v) is 6.70. The molecule has 0 N–H and O–H groups in total. The van der Waals surface area contributed by atoms with Crippen molar-refractivity contribution in [1.82, 2.24) is 4.90 Å². The van der Waals surface area contributed by atoms with Crippen LogP contribution in [0.2, 0.25) is 0 Å². The van der Waals surface area contributed by atoms with Gasteiger partial charge in [0, 0.05) is 19.2 Å². The Bertz CT molecular complexity index is 1080. The van der Waals surface area contributed by atoms with Gasteiger partial charge in [0.1, 0.15) is 6.04 Å². The van der Waals surface area contributed by atoms with Crippen LogP contribution in [-0.2, 0) is 24.2 Å². The number of benzene rings is 2. The standard InChI is InChI=1S/C23H25NO7S/c1-29-20-16-17(9-11-21(25)30-2)8-10-19(20)31-23(26)22(18-6-4-3-5-7-18)24-12-14-32(27,28)15-13-24/h3-11,16,22H,12-15H2,1-2H3/b11-9+. The molecule has 1 unspecified atom stereocenters. The molecule has 32 heavy (non-hydrogen) atoms. The van der Waals surface area contributed by atoms with Crippen molar-refractivity contribution in [1.29, 1.82) is 0 Å². The highest BCUT2D eigenvalue weighted by Gasteiger charge is 2.34. The lowest BCUT2D eigenvalue weighted by Gasteiger charge is -2.33. The van der Waals surface area contributed by atoms with Gasteiger partial charge >= 0.3 is 11.9 Å². The summed E-state index contributed by atoms with van der Waals surface area (Å²) in [6.07, 6.45) is 2.83. The molecule has 1 heterocycles. The van der Waals surface area contributed by atoms with E-state index in [0.29, 0.717) is 16.9 Å². The molecule has 2 aromatic rings. The quantitative estimate of drug-likeness (QED) is 0.353. The van der Waals surface area contributed by atoms with Crippen LogP contribution in [0.4, 0.5) is 0 Å². The number of methoxy groups -OCH3 is 2. The van der Waals surface area contributed by atoms with Crippen LogP contribution in [0.5, 0.6) is 11.5 Å². The maximum atomic E-state index is 13.2. The van der Waals surface area contributed by atoms with Crippen molar-refractivity contribution in [3.8, 4) is 11.5 Å². The predicted molar refractivity (Wildman–Crippen MR) is 119 cm³/mol. The third kappa shape index (κ3) is 5.95. The van der Waals surface area contributed by atoms with Gasteiger partial charge < -0.3 is 14.2 Å². The molecule has 1 atom stereocenters. The molecule has 9 heteroatoms. The van der Waals surface area contributed by atoms with Gasteiger partial charge in [0.15, 0.2) is 21.3 Å². The summed E-state index contributed by atoms with van der Waals surface area (Å²) in [5.41, 5.74) is 1.38. The fraction of sp³-hybridized carbons (Fsp3) is 0.304. The minimum atomic E-state index is -3.10. The predicted octanol–water partition coefficient (Wildman–Crippen LogP) is 2.26. The van der Waals surface area contributed by atoms with Gasteiger partial charge in [-0.05, 0) is 29.3 Å². The van der Waals surface area contributed by atoms with Gasteiger partial charge in [0.05, 0.1) is 25.7 Å². The third-order valence-electron chi connectivity index (χ3n) is 5.09. The Balaban J connectivity index is 1.84. The fourth-order valence-electron chi connectivity index (χ4n) is 3.38. The van der Waals surface area contributed by atoms with Crippen molar-refractivity contribution >= 4 is 27.9 Å². The Morgan fingerprint density at radius 2 is 1.69 bits per heavy atom. The van der Waals surface area contributed by atoms with Gasteiger partial charge in [-0.1, -0.05) is 36.4 Å². The first-order chi connectivity index (χ1) is 15.3. The molecule has 0 bridgehead atoms. The maximum absolute atomic E-state index is 13.2. The van der Waals surface area contributed by atoms with Crippen LogP contribution in [0.3, 0.4) is 0 Å². The Hall–Kier alpha value is -3.17. The smallest absolute Gasteiger partial charge is 0.333 e. The molecular formula is C23H25NO7S. The summed E-state index contributed by atoms with van der Waals surface area (Å²) in [5, 5.41) is 0. The van der Waals surface area contributed by atoms with Gasteiger partial charge in [0.25, 0.3) is 0 Å². The lowest BCUT2D eigenvalue weighted by Crippen LogP contribution is -2.45. The second-order valence-electron chi connectivity index (χ2n) is 7.19. The van der Waals surface area contributed by atoms with E-state index in [4.69, 9.17) is 9.47 Å². The first-order valence-electron chi connectivity index (χ1n) is 9.98. The molecular weight excluding hydrogens is 434 g/mol. The Morgan fingerprint density at radius 3 is 2.31 bits per heavy atom. The van der Waals surface area contributed by atoms with Crippen LogP contribution in [0.15, 0.2) is 54.6 Å². The van der Waals surface area contributed by atoms with E-state index in [1.165, 1.54) is 20.3 Å². The molecule has 8 nitrogen and oxygen atoms in total. The van der Waals surface area contributed by atoms with Gasteiger partial charge in [-0.25, -0.2) is 18.0 Å². The van der Waals surface area contributed by atoms with E-state index in [9.17, 15) is 18.0 Å². The van der Waals surface area contributed by atoms with Crippen molar-refractivity contribution < 1.29 is 32.2 Å². The molecule has 1 fully saturated rings. The summed E-state index contributed by atoms with van der Waals surface area (Å²) in [6.45, 7) is 0.483. The molecule has 3 rings (SSSR count). The number of hydrogen-bond acceptors (Lipinski definition) is 8. The average molecular weight is 460 g/mol. The fourth-order valence-corrected chi connectivity index (χ4v) is 4.61. The summed E-state index contributed by atoms with van der Waals surface area (Å²) in [7, 11) is -0.361. The van der Waals surface area contributed by atoms with Gasteiger partial charge in [-0.2, -0.15) is 0 Å². The summed E-state index contributed by atoms with van der Waals surface area (Å²) >= 11 is 0. The van der Waals surface area contributed by atoms with Crippen molar-refractivity contribution in [2.24, 2.45) is 0 Å². The highest BCUT2D eigenvalue weighted by atomic mass is 32.2. The molecule has 1 saturated heterocycles. The number of carbonyl (C=O) groups is 2. The Labute approximate surface area is 187 Å². The van der Waals surface area contributed by atoms with Crippen molar-refractivity contribution in [3.05, 3.63) is 65.7 Å². The molecule has 0 radical (unpaired) electrons. The largest absolute Gasteiger partial charge is 0.493 e. The van der Waals surface area contributed by atoms with Crippen LogP contribution in [-0.4, -0.2) is 64.1 Å². The molecule has 0 spiro atoms. The highest BCUT2D eigenvalue weighted by Crippen LogP contribution is 2.32. The number of sulfone groups is 1. The molecule has 0 aliphatic carbocycles. The summed E-state index contributed by atoms with van der Waals surface area (Å²) in [6, 6.07) is 13.2. The molecule has 2 aromatic carbocycles. The van der Waals surface area contributed by atoms with E-state index in [1.807, 2.05) is 35.2 Å². The summed E-state index contributed by atoms with van der Waals surface area (Å²) in [4.78, 5) is 26.4. The minimum Gasteiger partial charge on any atom is -0.493 e. The SMILES string of the molecule is COC(=O)/C=C/c1ccc(OC(=O)C(c2ccccc2)N2CCS(=O)(=O)CC2)c(OC)c1. The number of ether oxygens (including phenoxy) is 3. The molecule has 0 saturated carbocycles. The number of carbonyl (C=O) groups excluding carboxylic acids is 2. The van der Waals surface area contributed by atoms with Gasteiger partial charge in [0.2, 0.25) is 0 Å². The minimum absolute atomic E-state index is 0.00579. The number of nitrogens with zero attached hydrogens (tertiary/aromatic N) is 1. The Kier molecular flexibility index (Phi) is 7.66. The molecule has 0 aromatic heterocycles. The molecule has 170 valence electrons. The maximum Gasteiger partial charge on any atom is 0.333 e. The summed E-state index contributed by atoms with van der Waals surface area (Å²) in [5.74, 6) is -0.500. The van der Waals surface area contributed by atoms with Crippen LogP contribution < -0.4 is 9.47 Å². The molecule has 1 aliphatic rings. The second kappa shape index (κ2) is 10.4. The molecule has 1 aliphatic heterocycles. The highest BCUT2D eigenvalue weighted by molar-refractivity contribution is 7.91.